The Hall–Kier alpha value is -2.12. The monoisotopic (exact) mass is 241 g/mol. The minimum absolute atomic E-state index is 0.549. The Morgan fingerprint density at radius 3 is 3.00 bits per heavy atom. The third-order valence-electron chi connectivity index (χ3n) is 2.75. The van der Waals surface area contributed by atoms with E-state index in [2.05, 4.69) is 18.1 Å². The fraction of sp³-hybridized carbons (Fsp3) is 0.286. The molecule has 1 aromatic carbocycles. The van der Waals surface area contributed by atoms with Gasteiger partial charge in [-0.15, -0.1) is 0 Å². The summed E-state index contributed by atoms with van der Waals surface area (Å²) in [5, 5.41) is 23.3. The number of aryl methyl sites for hydroxylation is 1. The summed E-state index contributed by atoms with van der Waals surface area (Å²) in [6, 6.07) is 9.06. The largest absolute Gasteiger partial charge is 0.384 e. The number of hydrogen-bond donors (Lipinski definition) is 1. The maximum Gasteiger partial charge on any atom is 0.107 e. The average molecular weight is 241 g/mol. The first-order valence-corrected chi connectivity index (χ1v) is 5.95. The Morgan fingerprint density at radius 2 is 2.28 bits per heavy atom. The zero-order chi connectivity index (χ0) is 13.0. The van der Waals surface area contributed by atoms with E-state index in [1.807, 2.05) is 16.9 Å². The topological polar surface area (TPSA) is 61.8 Å². The van der Waals surface area contributed by atoms with Crippen molar-refractivity contribution < 1.29 is 5.11 Å². The van der Waals surface area contributed by atoms with Gasteiger partial charge in [0.1, 0.15) is 6.10 Å². The van der Waals surface area contributed by atoms with Crippen LogP contribution in [0, 0.1) is 11.3 Å². The van der Waals surface area contributed by atoms with Crippen LogP contribution in [0.4, 0.5) is 0 Å². The van der Waals surface area contributed by atoms with Gasteiger partial charge in [0.15, 0.2) is 0 Å². The molecule has 0 amide bonds. The summed E-state index contributed by atoms with van der Waals surface area (Å²) in [5.74, 6) is 0. The van der Waals surface area contributed by atoms with E-state index in [1.54, 1.807) is 24.4 Å². The molecular formula is C14H15N3O. The lowest BCUT2D eigenvalue weighted by Gasteiger charge is -2.08. The van der Waals surface area contributed by atoms with Gasteiger partial charge in [-0.1, -0.05) is 19.1 Å². The van der Waals surface area contributed by atoms with Crippen molar-refractivity contribution in [2.45, 2.75) is 26.0 Å². The molecule has 0 aliphatic rings. The van der Waals surface area contributed by atoms with Crippen LogP contribution in [0.1, 0.15) is 36.1 Å². The number of nitrogens with zero attached hydrogens (tertiary/aromatic N) is 3. The fourth-order valence-electron chi connectivity index (χ4n) is 1.84. The Bertz CT molecular complexity index is 568. The second-order valence-electron chi connectivity index (χ2n) is 4.18. The Labute approximate surface area is 106 Å². The van der Waals surface area contributed by atoms with Crippen molar-refractivity contribution in [3.63, 3.8) is 0 Å². The summed E-state index contributed by atoms with van der Waals surface area (Å²) in [6.45, 7) is 2.92. The van der Waals surface area contributed by atoms with E-state index < -0.39 is 6.10 Å². The summed E-state index contributed by atoms with van der Waals surface area (Å²) in [5.41, 5.74) is 2.01. The van der Waals surface area contributed by atoms with Crippen molar-refractivity contribution in [1.29, 1.82) is 5.26 Å². The van der Waals surface area contributed by atoms with Gasteiger partial charge in [-0.25, -0.2) is 0 Å². The zero-order valence-electron chi connectivity index (χ0n) is 10.2. The van der Waals surface area contributed by atoms with Crippen LogP contribution in [0.25, 0.3) is 0 Å². The average Bonchev–Trinajstić information content (AvgIpc) is 2.87. The van der Waals surface area contributed by atoms with Crippen LogP contribution >= 0.6 is 0 Å². The first kappa shape index (κ1) is 12.3. The number of benzene rings is 1. The Balaban J connectivity index is 2.23. The van der Waals surface area contributed by atoms with Crippen molar-refractivity contribution in [2.75, 3.05) is 0 Å². The van der Waals surface area contributed by atoms with Crippen LogP contribution in [0.5, 0.6) is 0 Å². The smallest absolute Gasteiger partial charge is 0.107 e. The first-order valence-electron chi connectivity index (χ1n) is 5.95. The lowest BCUT2D eigenvalue weighted by Crippen LogP contribution is -1.99. The molecule has 2 rings (SSSR count). The molecule has 1 heterocycles. The summed E-state index contributed by atoms with van der Waals surface area (Å²) < 4.78 is 1.81. The molecule has 0 saturated carbocycles. The normalized spacial score (nSPS) is 12.1. The predicted molar refractivity (Wildman–Crippen MR) is 67.7 cm³/mol. The van der Waals surface area contributed by atoms with Gasteiger partial charge in [0.2, 0.25) is 0 Å². The molecule has 0 fully saturated rings. The summed E-state index contributed by atoms with van der Waals surface area (Å²) in [4.78, 5) is 0. The second-order valence-corrected chi connectivity index (χ2v) is 4.18. The first-order chi connectivity index (χ1) is 8.74. The van der Waals surface area contributed by atoms with E-state index in [9.17, 15) is 5.11 Å². The SMILES string of the molecule is CCCn1cc(C(O)c2cccc(C#N)c2)cn1. The van der Waals surface area contributed by atoms with Crippen molar-refractivity contribution in [1.82, 2.24) is 9.78 Å². The van der Waals surface area contributed by atoms with Crippen LogP contribution in [0.2, 0.25) is 0 Å². The van der Waals surface area contributed by atoms with Gasteiger partial charge in [0.05, 0.1) is 17.8 Å². The van der Waals surface area contributed by atoms with Crippen LogP contribution in [0.15, 0.2) is 36.7 Å². The van der Waals surface area contributed by atoms with Gasteiger partial charge >= 0.3 is 0 Å². The molecule has 1 unspecified atom stereocenters. The molecule has 1 aromatic heterocycles. The van der Waals surface area contributed by atoms with Crippen molar-refractivity contribution >= 4 is 0 Å². The molecule has 18 heavy (non-hydrogen) atoms. The highest BCUT2D eigenvalue weighted by atomic mass is 16.3. The quantitative estimate of drug-likeness (QED) is 0.893. The summed E-state index contributed by atoms with van der Waals surface area (Å²) >= 11 is 0. The highest BCUT2D eigenvalue weighted by Gasteiger charge is 2.12. The van der Waals surface area contributed by atoms with E-state index in [-0.39, 0.29) is 0 Å². The van der Waals surface area contributed by atoms with Gasteiger partial charge in [-0.05, 0) is 24.1 Å². The van der Waals surface area contributed by atoms with Gasteiger partial charge in [-0.3, -0.25) is 4.68 Å². The molecule has 0 radical (unpaired) electrons. The number of hydrogen-bond acceptors (Lipinski definition) is 3. The summed E-state index contributed by atoms with van der Waals surface area (Å²) in [6.07, 6.45) is 3.78. The lowest BCUT2D eigenvalue weighted by atomic mass is 10.0. The number of rotatable bonds is 4. The molecule has 0 aliphatic carbocycles. The minimum Gasteiger partial charge on any atom is -0.384 e. The number of aromatic nitrogens is 2. The number of nitriles is 1. The van der Waals surface area contributed by atoms with E-state index in [0.717, 1.165) is 18.5 Å². The van der Waals surface area contributed by atoms with E-state index in [1.165, 1.54) is 0 Å². The van der Waals surface area contributed by atoms with E-state index >= 15 is 0 Å². The highest BCUT2D eigenvalue weighted by Crippen LogP contribution is 2.22. The minimum atomic E-state index is -0.732. The molecule has 4 nitrogen and oxygen atoms in total. The van der Waals surface area contributed by atoms with Gasteiger partial charge in [-0.2, -0.15) is 10.4 Å². The molecular weight excluding hydrogens is 226 g/mol. The fourth-order valence-corrected chi connectivity index (χ4v) is 1.84. The van der Waals surface area contributed by atoms with Crippen LogP contribution < -0.4 is 0 Å². The molecule has 4 heteroatoms. The molecule has 0 spiro atoms. The van der Waals surface area contributed by atoms with Crippen molar-refractivity contribution in [3.05, 3.63) is 53.3 Å². The molecule has 0 bridgehead atoms. The summed E-state index contributed by atoms with van der Waals surface area (Å²) in [7, 11) is 0. The third kappa shape index (κ3) is 2.58. The molecule has 1 atom stereocenters. The standard InChI is InChI=1S/C14H15N3O/c1-2-6-17-10-13(9-16-17)14(18)12-5-3-4-11(7-12)8-15/h3-5,7,9-10,14,18H,2,6H2,1H3. The Kier molecular flexibility index (Phi) is 3.75. The molecule has 0 aliphatic heterocycles. The molecule has 2 aromatic rings. The van der Waals surface area contributed by atoms with Crippen molar-refractivity contribution in [2.24, 2.45) is 0 Å². The maximum atomic E-state index is 10.2. The van der Waals surface area contributed by atoms with Crippen LogP contribution in [-0.4, -0.2) is 14.9 Å². The molecule has 0 saturated heterocycles. The Morgan fingerprint density at radius 1 is 1.44 bits per heavy atom. The van der Waals surface area contributed by atoms with Gasteiger partial charge in [0, 0.05) is 18.3 Å². The predicted octanol–water partition coefficient (Wildman–Crippen LogP) is 2.25. The molecule has 92 valence electrons. The zero-order valence-corrected chi connectivity index (χ0v) is 10.2. The van der Waals surface area contributed by atoms with E-state index in [4.69, 9.17) is 5.26 Å². The second kappa shape index (κ2) is 5.48. The molecule has 1 N–H and O–H groups in total. The number of aliphatic hydroxyl groups excluding tert-OH is 1. The van der Waals surface area contributed by atoms with Crippen LogP contribution in [0.3, 0.4) is 0 Å². The maximum absolute atomic E-state index is 10.2. The van der Waals surface area contributed by atoms with Crippen LogP contribution in [-0.2, 0) is 6.54 Å². The highest BCUT2D eigenvalue weighted by molar-refractivity contribution is 5.36. The number of aliphatic hydroxyl groups is 1. The van der Waals surface area contributed by atoms with Gasteiger partial charge in [0.25, 0.3) is 0 Å². The third-order valence-corrected chi connectivity index (χ3v) is 2.75. The lowest BCUT2D eigenvalue weighted by molar-refractivity contribution is 0.220. The van der Waals surface area contributed by atoms with E-state index in [0.29, 0.717) is 11.1 Å². The van der Waals surface area contributed by atoms with Crippen molar-refractivity contribution in [3.8, 4) is 6.07 Å². The van der Waals surface area contributed by atoms with Gasteiger partial charge < -0.3 is 5.11 Å².